The fraction of sp³-hybridized carbons (Fsp3) is 1.00. The SMILES string of the molecule is CO[SiH](CCCC[N+](=O)[O-])OC. The fourth-order valence-electron chi connectivity index (χ4n) is 0.884. The van der Waals surface area contributed by atoms with E-state index < -0.39 is 9.28 Å². The third kappa shape index (κ3) is 6.26. The van der Waals surface area contributed by atoms with Gasteiger partial charge in [0.25, 0.3) is 0 Å². The highest BCUT2D eigenvalue weighted by Crippen LogP contribution is 2.02. The minimum Gasteiger partial charge on any atom is -0.400 e. The maximum atomic E-state index is 9.94. The maximum absolute atomic E-state index is 9.94. The van der Waals surface area contributed by atoms with Crippen LogP contribution in [0.5, 0.6) is 0 Å². The Hall–Kier alpha value is -0.463. The van der Waals surface area contributed by atoms with Crippen LogP contribution in [0.4, 0.5) is 0 Å². The number of nitrogens with zero attached hydrogens (tertiary/aromatic N) is 1. The third-order valence-corrected chi connectivity index (χ3v) is 3.49. The van der Waals surface area contributed by atoms with Crippen LogP contribution in [-0.2, 0) is 8.85 Å². The van der Waals surface area contributed by atoms with Crippen molar-refractivity contribution in [1.29, 1.82) is 0 Å². The Balaban J connectivity index is 3.23. The first kappa shape index (κ1) is 11.5. The van der Waals surface area contributed by atoms with E-state index in [1.807, 2.05) is 0 Å². The van der Waals surface area contributed by atoms with Crippen molar-refractivity contribution in [2.75, 3.05) is 20.8 Å². The standard InChI is InChI=1S/C6H15NO4Si/c1-10-12(11-2)6-4-3-5-7(8)9/h12H,3-6H2,1-2H3. The average molecular weight is 193 g/mol. The molecule has 0 saturated heterocycles. The summed E-state index contributed by atoms with van der Waals surface area (Å²) in [5, 5.41) is 9.94. The van der Waals surface area contributed by atoms with E-state index in [-0.39, 0.29) is 11.5 Å². The van der Waals surface area contributed by atoms with Crippen molar-refractivity contribution in [1.82, 2.24) is 0 Å². The Morgan fingerprint density at radius 2 is 1.92 bits per heavy atom. The zero-order valence-electron chi connectivity index (χ0n) is 7.49. The van der Waals surface area contributed by atoms with E-state index >= 15 is 0 Å². The van der Waals surface area contributed by atoms with Gasteiger partial charge in [-0.25, -0.2) is 0 Å². The van der Waals surface area contributed by atoms with Crippen molar-refractivity contribution in [3.63, 3.8) is 0 Å². The van der Waals surface area contributed by atoms with Gasteiger partial charge in [-0.3, -0.25) is 10.1 Å². The molecule has 0 aliphatic rings. The van der Waals surface area contributed by atoms with E-state index in [1.165, 1.54) is 0 Å². The molecule has 0 aliphatic heterocycles. The van der Waals surface area contributed by atoms with E-state index in [2.05, 4.69) is 0 Å². The Labute approximate surface area is 73.7 Å². The lowest BCUT2D eigenvalue weighted by Crippen LogP contribution is -2.18. The largest absolute Gasteiger partial charge is 0.400 e. The molecule has 0 radical (unpaired) electrons. The molecule has 0 spiro atoms. The van der Waals surface area contributed by atoms with Crippen molar-refractivity contribution < 1.29 is 13.8 Å². The van der Waals surface area contributed by atoms with Crippen LogP contribution in [0.2, 0.25) is 6.04 Å². The molecule has 0 unspecified atom stereocenters. The quantitative estimate of drug-likeness (QED) is 0.256. The van der Waals surface area contributed by atoms with Gasteiger partial charge in [-0.2, -0.15) is 0 Å². The molecule has 0 aromatic heterocycles. The Morgan fingerprint density at radius 1 is 1.33 bits per heavy atom. The number of rotatable bonds is 7. The molecule has 72 valence electrons. The van der Waals surface area contributed by atoms with E-state index in [0.717, 1.165) is 12.5 Å². The molecule has 0 heterocycles. The van der Waals surface area contributed by atoms with Crippen LogP contribution in [0, 0.1) is 10.1 Å². The molecule has 12 heavy (non-hydrogen) atoms. The lowest BCUT2D eigenvalue weighted by Gasteiger charge is -2.08. The second-order valence-electron chi connectivity index (χ2n) is 2.45. The smallest absolute Gasteiger partial charge is 0.320 e. The molecule has 6 heteroatoms. The van der Waals surface area contributed by atoms with Crippen molar-refractivity contribution in [3.05, 3.63) is 10.1 Å². The lowest BCUT2D eigenvalue weighted by atomic mass is 10.3. The number of hydrogen-bond donors (Lipinski definition) is 0. The van der Waals surface area contributed by atoms with Gasteiger partial charge in [0.2, 0.25) is 6.54 Å². The summed E-state index contributed by atoms with van der Waals surface area (Å²) < 4.78 is 10.1. The Kier molecular flexibility index (Phi) is 6.92. The second-order valence-corrected chi connectivity index (χ2v) is 4.83. The van der Waals surface area contributed by atoms with Gasteiger partial charge in [-0.15, -0.1) is 0 Å². The predicted octanol–water partition coefficient (Wildman–Crippen LogP) is 0.557. The molecule has 0 rings (SSSR count). The van der Waals surface area contributed by atoms with Crippen LogP contribution in [0.1, 0.15) is 12.8 Å². The molecule has 0 aliphatic carbocycles. The van der Waals surface area contributed by atoms with Crippen molar-refractivity contribution in [2.45, 2.75) is 18.9 Å². The minimum atomic E-state index is -1.48. The van der Waals surface area contributed by atoms with Gasteiger partial charge in [-0.05, 0) is 12.5 Å². The highest BCUT2D eigenvalue weighted by atomic mass is 28.3. The molecule has 0 fully saturated rings. The van der Waals surface area contributed by atoms with E-state index in [0.29, 0.717) is 6.42 Å². The fourth-order valence-corrected chi connectivity index (χ4v) is 2.17. The monoisotopic (exact) mass is 193 g/mol. The number of nitro groups is 1. The lowest BCUT2D eigenvalue weighted by molar-refractivity contribution is -0.480. The average Bonchev–Trinajstić information content (AvgIpc) is 2.04. The summed E-state index contributed by atoms with van der Waals surface area (Å²) in [7, 11) is 1.76. The summed E-state index contributed by atoms with van der Waals surface area (Å²) in [6, 6.07) is 0.848. The second kappa shape index (κ2) is 7.20. The van der Waals surface area contributed by atoms with Gasteiger partial charge in [0.15, 0.2) is 0 Å². The van der Waals surface area contributed by atoms with Crippen LogP contribution < -0.4 is 0 Å². The zero-order chi connectivity index (χ0) is 9.40. The van der Waals surface area contributed by atoms with Crippen molar-refractivity contribution in [2.24, 2.45) is 0 Å². The molecule has 0 aromatic rings. The third-order valence-electron chi connectivity index (χ3n) is 1.56. The summed E-state index contributed by atoms with van der Waals surface area (Å²) >= 11 is 0. The minimum absolute atomic E-state index is 0.0501. The molecular formula is C6H15NO4Si. The molecular weight excluding hydrogens is 178 g/mol. The maximum Gasteiger partial charge on any atom is 0.320 e. The molecule has 0 saturated carbocycles. The molecule has 0 bridgehead atoms. The summed E-state index contributed by atoms with van der Waals surface area (Å²) in [6.07, 6.45) is 1.43. The van der Waals surface area contributed by atoms with Gasteiger partial charge in [0.05, 0.1) is 0 Å². The number of hydrogen-bond acceptors (Lipinski definition) is 4. The van der Waals surface area contributed by atoms with Crippen molar-refractivity contribution >= 4 is 9.28 Å². The first-order valence-electron chi connectivity index (χ1n) is 3.88. The van der Waals surface area contributed by atoms with Crippen molar-refractivity contribution in [3.8, 4) is 0 Å². The first-order chi connectivity index (χ1) is 5.70. The van der Waals surface area contributed by atoms with Gasteiger partial charge in [0, 0.05) is 25.6 Å². The molecule has 0 aromatic carbocycles. The van der Waals surface area contributed by atoms with Crippen LogP contribution in [0.15, 0.2) is 0 Å². The van der Waals surface area contributed by atoms with Gasteiger partial charge >= 0.3 is 9.28 Å². The van der Waals surface area contributed by atoms with Crippen LogP contribution in [-0.4, -0.2) is 35.0 Å². The topological polar surface area (TPSA) is 61.6 Å². The van der Waals surface area contributed by atoms with Crippen LogP contribution in [0.25, 0.3) is 0 Å². The van der Waals surface area contributed by atoms with Crippen LogP contribution >= 0.6 is 0 Å². The van der Waals surface area contributed by atoms with Gasteiger partial charge in [-0.1, -0.05) is 0 Å². The molecule has 0 atom stereocenters. The van der Waals surface area contributed by atoms with E-state index in [9.17, 15) is 10.1 Å². The molecule has 0 N–H and O–H groups in total. The highest BCUT2D eigenvalue weighted by molar-refractivity contribution is 6.44. The first-order valence-corrected chi connectivity index (χ1v) is 5.64. The predicted molar refractivity (Wildman–Crippen MR) is 47.1 cm³/mol. The van der Waals surface area contributed by atoms with Gasteiger partial charge < -0.3 is 8.85 Å². The van der Waals surface area contributed by atoms with E-state index in [4.69, 9.17) is 8.85 Å². The Bertz CT molecular complexity index is 129. The summed E-state index contributed by atoms with van der Waals surface area (Å²) in [6.45, 7) is 0.0501. The summed E-state index contributed by atoms with van der Waals surface area (Å²) in [4.78, 5) is 9.64. The summed E-state index contributed by atoms with van der Waals surface area (Å²) in [5.41, 5.74) is 0. The molecule has 5 nitrogen and oxygen atoms in total. The highest BCUT2D eigenvalue weighted by Gasteiger charge is 2.09. The summed E-state index contributed by atoms with van der Waals surface area (Å²) in [5.74, 6) is 0. The van der Waals surface area contributed by atoms with E-state index in [1.54, 1.807) is 14.2 Å². The van der Waals surface area contributed by atoms with Crippen LogP contribution in [0.3, 0.4) is 0 Å². The normalized spacial score (nSPS) is 10.6. The zero-order valence-corrected chi connectivity index (χ0v) is 8.64. The molecule has 0 amide bonds. The number of unbranched alkanes of at least 4 members (excludes halogenated alkanes) is 1. The Morgan fingerprint density at radius 3 is 2.33 bits per heavy atom. The van der Waals surface area contributed by atoms with Gasteiger partial charge in [0.1, 0.15) is 0 Å².